The van der Waals surface area contributed by atoms with Crippen LogP contribution >= 0.6 is 27.5 Å². The monoisotopic (exact) mass is 589 g/mol. The number of ether oxygens (including phenoxy) is 2. The van der Waals surface area contributed by atoms with Gasteiger partial charge >= 0.3 is 6.09 Å². The molecule has 37 heavy (non-hydrogen) atoms. The zero-order valence-corrected chi connectivity index (χ0v) is 23.2. The molecule has 0 radical (unpaired) electrons. The van der Waals surface area contributed by atoms with Crippen LogP contribution in [-0.4, -0.2) is 47.6 Å². The van der Waals surface area contributed by atoms with Gasteiger partial charge in [-0.05, 0) is 63.1 Å². The van der Waals surface area contributed by atoms with Crippen LogP contribution in [0.4, 0.5) is 10.5 Å². The summed E-state index contributed by atoms with van der Waals surface area (Å²) >= 11 is 9.75. The lowest BCUT2D eigenvalue weighted by atomic mass is 9.67. The molecule has 8 nitrogen and oxygen atoms in total. The van der Waals surface area contributed by atoms with Gasteiger partial charge in [0, 0.05) is 40.1 Å². The molecule has 10 heteroatoms. The second-order valence-corrected chi connectivity index (χ2v) is 12.1. The van der Waals surface area contributed by atoms with Crippen LogP contribution in [0.15, 0.2) is 40.9 Å². The van der Waals surface area contributed by atoms with Gasteiger partial charge in [0.05, 0.1) is 12.6 Å². The van der Waals surface area contributed by atoms with E-state index in [4.69, 9.17) is 21.1 Å². The Morgan fingerprint density at radius 3 is 2.73 bits per heavy atom. The lowest BCUT2D eigenvalue weighted by molar-refractivity contribution is -0.130. The van der Waals surface area contributed by atoms with E-state index in [1.807, 2.05) is 45.0 Å². The largest absolute Gasteiger partial charge is 0.488 e. The normalized spacial score (nSPS) is 25.1. The van der Waals surface area contributed by atoms with E-state index in [-0.39, 0.29) is 30.4 Å². The summed E-state index contributed by atoms with van der Waals surface area (Å²) in [6.07, 6.45) is 0.589. The molecule has 3 aliphatic rings. The summed E-state index contributed by atoms with van der Waals surface area (Å²) in [6.45, 7) is 6.41. The van der Waals surface area contributed by atoms with E-state index in [1.165, 1.54) is 0 Å². The third-order valence-corrected chi connectivity index (χ3v) is 7.76. The maximum atomic E-state index is 13.6. The van der Waals surface area contributed by atoms with Crippen LogP contribution in [0.25, 0.3) is 0 Å². The molecular weight excluding hydrogens is 562 g/mol. The van der Waals surface area contributed by atoms with Gasteiger partial charge in [0.2, 0.25) is 11.8 Å². The van der Waals surface area contributed by atoms with Crippen molar-refractivity contribution in [3.63, 3.8) is 0 Å². The lowest BCUT2D eigenvalue weighted by Crippen LogP contribution is -2.52. The van der Waals surface area contributed by atoms with E-state index in [0.29, 0.717) is 48.0 Å². The Labute approximate surface area is 229 Å². The number of amides is 3. The van der Waals surface area contributed by atoms with Gasteiger partial charge in [0.15, 0.2) is 0 Å². The van der Waals surface area contributed by atoms with Crippen molar-refractivity contribution in [2.24, 2.45) is 0 Å². The van der Waals surface area contributed by atoms with E-state index in [1.54, 1.807) is 17.0 Å². The van der Waals surface area contributed by atoms with Crippen molar-refractivity contribution < 1.29 is 23.9 Å². The van der Waals surface area contributed by atoms with Crippen LogP contribution in [0.3, 0.4) is 0 Å². The van der Waals surface area contributed by atoms with Gasteiger partial charge < -0.3 is 25.0 Å². The number of halogens is 2. The number of likely N-dealkylation sites (tertiary alicyclic amines) is 1. The van der Waals surface area contributed by atoms with Crippen molar-refractivity contribution in [2.75, 3.05) is 18.4 Å². The van der Waals surface area contributed by atoms with Gasteiger partial charge in [0.1, 0.15) is 22.9 Å². The highest BCUT2D eigenvalue weighted by Gasteiger charge is 2.56. The average molecular weight is 591 g/mol. The minimum Gasteiger partial charge on any atom is -0.488 e. The molecule has 5 rings (SSSR count). The van der Waals surface area contributed by atoms with Crippen LogP contribution in [0.1, 0.15) is 57.2 Å². The number of carbonyl (C=O) groups is 3. The predicted molar refractivity (Wildman–Crippen MR) is 143 cm³/mol. The molecule has 0 bridgehead atoms. The Bertz CT molecular complexity index is 1280. The van der Waals surface area contributed by atoms with Crippen molar-refractivity contribution in [1.29, 1.82) is 0 Å². The number of benzene rings is 2. The molecule has 0 aromatic heterocycles. The van der Waals surface area contributed by atoms with Gasteiger partial charge in [-0.2, -0.15) is 0 Å². The number of nitrogens with one attached hydrogen (secondary N) is 2. The molecule has 3 amide bonds. The fourth-order valence-corrected chi connectivity index (χ4v) is 5.95. The van der Waals surface area contributed by atoms with Gasteiger partial charge in [-0.15, -0.1) is 0 Å². The first kappa shape index (κ1) is 25.9. The molecule has 2 fully saturated rings. The Balaban J connectivity index is 1.47. The van der Waals surface area contributed by atoms with Crippen molar-refractivity contribution >= 4 is 51.1 Å². The fraction of sp³-hybridized carbons (Fsp3) is 0.444. The Kier molecular flexibility index (Phi) is 6.64. The molecule has 196 valence electrons. The summed E-state index contributed by atoms with van der Waals surface area (Å²) in [6, 6.07) is 10.3. The highest BCUT2D eigenvalue weighted by Crippen LogP contribution is 2.53. The van der Waals surface area contributed by atoms with Crippen molar-refractivity contribution in [3.05, 3.63) is 57.0 Å². The highest BCUT2D eigenvalue weighted by molar-refractivity contribution is 9.10. The fourth-order valence-electron chi connectivity index (χ4n) is 5.40. The first-order chi connectivity index (χ1) is 17.5. The quantitative estimate of drug-likeness (QED) is 0.504. The number of anilines is 1. The van der Waals surface area contributed by atoms with Crippen LogP contribution in [-0.2, 0) is 19.7 Å². The van der Waals surface area contributed by atoms with Gasteiger partial charge in [-0.3, -0.25) is 9.59 Å². The summed E-state index contributed by atoms with van der Waals surface area (Å²) in [7, 11) is 0. The topological polar surface area (TPSA) is 97.0 Å². The Morgan fingerprint density at radius 2 is 1.97 bits per heavy atom. The summed E-state index contributed by atoms with van der Waals surface area (Å²) in [5.41, 5.74) is 0.557. The minimum atomic E-state index is -1.01. The predicted octanol–water partition coefficient (Wildman–Crippen LogP) is 5.33. The minimum absolute atomic E-state index is 0.131. The molecule has 2 N–H and O–H groups in total. The van der Waals surface area contributed by atoms with Crippen molar-refractivity contribution in [2.45, 2.75) is 63.2 Å². The maximum Gasteiger partial charge on any atom is 0.410 e. The molecular formula is C27H29BrClN3O5. The number of fused-ring (bicyclic) bond motifs is 2. The van der Waals surface area contributed by atoms with Crippen LogP contribution in [0.2, 0.25) is 5.02 Å². The summed E-state index contributed by atoms with van der Waals surface area (Å²) in [5, 5.41) is 6.57. The second kappa shape index (κ2) is 9.51. The Hall–Kier alpha value is -2.78. The molecule has 3 heterocycles. The highest BCUT2D eigenvalue weighted by atomic mass is 79.9. The third kappa shape index (κ3) is 4.91. The van der Waals surface area contributed by atoms with Gasteiger partial charge in [0.25, 0.3) is 0 Å². The summed E-state index contributed by atoms with van der Waals surface area (Å²) in [4.78, 5) is 40.4. The molecule has 0 aliphatic carbocycles. The number of hydrogen-bond acceptors (Lipinski definition) is 5. The molecule has 3 aliphatic heterocycles. The van der Waals surface area contributed by atoms with Crippen molar-refractivity contribution in [1.82, 2.24) is 10.2 Å². The number of hydrogen-bond donors (Lipinski definition) is 2. The second-order valence-electron chi connectivity index (χ2n) is 10.8. The molecule has 1 unspecified atom stereocenters. The van der Waals surface area contributed by atoms with Gasteiger partial charge in [-0.1, -0.05) is 33.6 Å². The third-order valence-electron chi connectivity index (χ3n) is 7.03. The average Bonchev–Trinajstić information content (AvgIpc) is 3.38. The van der Waals surface area contributed by atoms with E-state index >= 15 is 0 Å². The summed E-state index contributed by atoms with van der Waals surface area (Å²) in [5.74, 6) is 0.243. The molecule has 3 atom stereocenters. The van der Waals surface area contributed by atoms with Crippen molar-refractivity contribution in [3.8, 4) is 5.75 Å². The molecule has 2 aromatic carbocycles. The number of rotatable bonds is 3. The lowest BCUT2D eigenvalue weighted by Gasteiger charge is -2.41. The molecule has 1 spiro atoms. The zero-order chi connectivity index (χ0) is 26.5. The molecule has 2 saturated heterocycles. The number of nitrogens with zero attached hydrogens (tertiary/aromatic N) is 1. The van der Waals surface area contributed by atoms with E-state index in [2.05, 4.69) is 26.6 Å². The maximum absolute atomic E-state index is 13.6. The van der Waals surface area contributed by atoms with Gasteiger partial charge in [-0.25, -0.2) is 4.79 Å². The standard InChI is InChI=1S/C27H29BrClN3O5/c1-26(2,3)37-25(35)32-11-9-17(14-32)36-21-7-4-15(28)12-18(21)23-27(10-8-22(33)31-23)19-6-5-16(29)13-20(19)30-24(27)34/h4-7,12-13,17,23H,8-11,14H2,1-3H3,(H,30,34)(H,31,33)/t17?,23-,27-/m1/s1. The van der Waals surface area contributed by atoms with Crippen LogP contribution in [0, 0.1) is 0 Å². The number of carbonyl (C=O) groups excluding carboxylic acids is 3. The van der Waals surface area contributed by atoms with Crippen LogP contribution in [0.5, 0.6) is 5.75 Å². The first-order valence-corrected chi connectivity index (χ1v) is 13.5. The first-order valence-electron chi connectivity index (χ1n) is 12.3. The Morgan fingerprint density at radius 1 is 1.19 bits per heavy atom. The molecule has 2 aromatic rings. The zero-order valence-electron chi connectivity index (χ0n) is 20.9. The summed E-state index contributed by atoms with van der Waals surface area (Å²) < 4.78 is 12.7. The SMILES string of the molecule is CC(C)(C)OC(=O)N1CCC(Oc2ccc(Br)cc2[C@H]2NC(=O)CC[C@]23C(=O)Nc2cc(Cl)ccc23)C1. The molecule has 0 saturated carbocycles. The van der Waals surface area contributed by atoms with E-state index < -0.39 is 17.1 Å². The van der Waals surface area contributed by atoms with E-state index in [0.717, 1.165) is 10.0 Å². The van der Waals surface area contributed by atoms with E-state index in [9.17, 15) is 14.4 Å². The smallest absolute Gasteiger partial charge is 0.410 e. The number of piperidine rings is 1. The van der Waals surface area contributed by atoms with Crippen LogP contribution < -0.4 is 15.4 Å².